The Balaban J connectivity index is 2.63. The van der Waals surface area contributed by atoms with E-state index in [9.17, 15) is 9.59 Å². The van der Waals surface area contributed by atoms with Gasteiger partial charge in [-0.3, -0.25) is 4.79 Å². The molecule has 0 bridgehead atoms. The molecule has 0 fully saturated rings. The van der Waals surface area contributed by atoms with Crippen molar-refractivity contribution in [2.45, 2.75) is 26.3 Å². The van der Waals surface area contributed by atoms with Gasteiger partial charge >= 0.3 is 6.09 Å². The molecular formula is C11H17BrN4O3. The highest BCUT2D eigenvalue weighted by Gasteiger charge is 2.08. The fourth-order valence-corrected chi connectivity index (χ4v) is 1.84. The Hall–Kier alpha value is -1.57. The van der Waals surface area contributed by atoms with Gasteiger partial charge in [0.15, 0.2) is 0 Å². The van der Waals surface area contributed by atoms with E-state index in [-0.39, 0.29) is 12.2 Å². The van der Waals surface area contributed by atoms with Gasteiger partial charge in [0.25, 0.3) is 5.56 Å². The quantitative estimate of drug-likeness (QED) is 0.733. The number of anilines is 1. The molecule has 1 aromatic heterocycles. The van der Waals surface area contributed by atoms with Crippen LogP contribution in [0.25, 0.3) is 0 Å². The van der Waals surface area contributed by atoms with Crippen LogP contribution < -0.4 is 16.6 Å². The molecule has 0 aliphatic rings. The summed E-state index contributed by atoms with van der Waals surface area (Å²) < 4.78 is 6.40. The maximum absolute atomic E-state index is 11.9. The van der Waals surface area contributed by atoms with Crippen molar-refractivity contribution in [1.82, 2.24) is 9.78 Å². The number of amides is 1. The van der Waals surface area contributed by atoms with Gasteiger partial charge < -0.3 is 15.8 Å². The summed E-state index contributed by atoms with van der Waals surface area (Å²) in [5, 5.41) is 7.01. The van der Waals surface area contributed by atoms with Gasteiger partial charge in [0, 0.05) is 13.1 Å². The van der Waals surface area contributed by atoms with E-state index in [0.717, 1.165) is 12.8 Å². The summed E-state index contributed by atoms with van der Waals surface area (Å²) in [4.78, 5) is 22.3. The number of nitrogens with two attached hydrogens (primary N) is 1. The minimum Gasteiger partial charge on any atom is -0.448 e. The number of carbonyl (C=O) groups excluding carboxylic acids is 1. The second-order valence-corrected chi connectivity index (χ2v) is 4.64. The second kappa shape index (κ2) is 7.78. The Labute approximate surface area is 119 Å². The van der Waals surface area contributed by atoms with Crippen molar-refractivity contribution in [1.29, 1.82) is 0 Å². The van der Waals surface area contributed by atoms with Gasteiger partial charge in [0.2, 0.25) is 0 Å². The molecule has 3 N–H and O–H groups in total. The van der Waals surface area contributed by atoms with Crippen molar-refractivity contribution < 1.29 is 9.53 Å². The maximum atomic E-state index is 11.9. The van der Waals surface area contributed by atoms with Crippen molar-refractivity contribution >= 4 is 27.7 Å². The Morgan fingerprint density at radius 1 is 1.63 bits per heavy atom. The first-order valence-electron chi connectivity index (χ1n) is 5.98. The number of rotatable bonds is 7. The average Bonchev–Trinajstić information content (AvgIpc) is 2.38. The molecule has 0 aliphatic carbocycles. The van der Waals surface area contributed by atoms with Gasteiger partial charge in [-0.1, -0.05) is 13.3 Å². The lowest BCUT2D eigenvalue weighted by atomic mass is 10.3. The number of hydrogen-bond donors (Lipinski definition) is 2. The summed E-state index contributed by atoms with van der Waals surface area (Å²) in [5.41, 5.74) is 5.20. The van der Waals surface area contributed by atoms with Crippen LogP contribution in [0.2, 0.25) is 0 Å². The Bertz CT molecular complexity index is 489. The monoisotopic (exact) mass is 332 g/mol. The number of nitrogens with zero attached hydrogens (tertiary/aromatic N) is 2. The van der Waals surface area contributed by atoms with E-state index in [1.165, 1.54) is 4.68 Å². The summed E-state index contributed by atoms with van der Waals surface area (Å²) >= 11 is 3.24. The molecule has 0 unspecified atom stereocenters. The van der Waals surface area contributed by atoms with Crippen molar-refractivity contribution in [3.05, 3.63) is 21.0 Å². The number of primary amides is 1. The Morgan fingerprint density at radius 2 is 2.37 bits per heavy atom. The van der Waals surface area contributed by atoms with Crippen molar-refractivity contribution in [2.24, 2.45) is 5.73 Å². The van der Waals surface area contributed by atoms with Crippen LogP contribution >= 0.6 is 15.9 Å². The molecule has 0 saturated heterocycles. The van der Waals surface area contributed by atoms with Gasteiger partial charge in [0.1, 0.15) is 11.1 Å². The van der Waals surface area contributed by atoms with Crippen LogP contribution in [0.5, 0.6) is 0 Å². The molecule has 1 rings (SSSR count). The second-order valence-electron chi connectivity index (χ2n) is 3.85. The zero-order valence-electron chi connectivity index (χ0n) is 10.7. The maximum Gasteiger partial charge on any atom is 0.404 e. The third-order valence-electron chi connectivity index (χ3n) is 2.37. The Kier molecular flexibility index (Phi) is 6.34. The van der Waals surface area contributed by atoms with E-state index in [4.69, 9.17) is 5.73 Å². The molecule has 8 heteroatoms. The molecule has 0 atom stereocenters. The molecule has 0 saturated carbocycles. The molecule has 0 spiro atoms. The van der Waals surface area contributed by atoms with Crippen LogP contribution in [0.4, 0.5) is 10.5 Å². The molecular weight excluding hydrogens is 316 g/mol. The number of halogens is 1. The van der Waals surface area contributed by atoms with Crippen molar-refractivity contribution in [3.8, 4) is 0 Å². The number of hydrogen-bond acceptors (Lipinski definition) is 5. The lowest BCUT2D eigenvalue weighted by Crippen LogP contribution is -2.25. The highest BCUT2D eigenvalue weighted by molar-refractivity contribution is 9.10. The van der Waals surface area contributed by atoms with Crippen LogP contribution in [0.3, 0.4) is 0 Å². The van der Waals surface area contributed by atoms with Gasteiger partial charge in [-0.2, -0.15) is 5.10 Å². The molecule has 7 nitrogen and oxygen atoms in total. The first-order valence-corrected chi connectivity index (χ1v) is 6.77. The predicted octanol–water partition coefficient (Wildman–Crippen LogP) is 1.31. The van der Waals surface area contributed by atoms with Crippen LogP contribution in [-0.2, 0) is 11.3 Å². The zero-order valence-corrected chi connectivity index (χ0v) is 12.3. The van der Waals surface area contributed by atoms with Crippen molar-refractivity contribution in [2.75, 3.05) is 18.5 Å². The van der Waals surface area contributed by atoms with E-state index < -0.39 is 6.09 Å². The largest absolute Gasteiger partial charge is 0.448 e. The van der Waals surface area contributed by atoms with Gasteiger partial charge in [-0.05, 0) is 22.4 Å². The SMILES string of the molecule is CCCCn1ncc(NCCOC(N)=O)c(Br)c1=O. The number of aryl methyl sites for hydroxylation is 1. The summed E-state index contributed by atoms with van der Waals surface area (Å²) in [7, 11) is 0. The topological polar surface area (TPSA) is 99.2 Å². The summed E-state index contributed by atoms with van der Waals surface area (Å²) in [5.74, 6) is 0. The highest BCUT2D eigenvalue weighted by Crippen LogP contribution is 2.15. The van der Waals surface area contributed by atoms with Crippen LogP contribution in [0.15, 0.2) is 15.5 Å². The van der Waals surface area contributed by atoms with Gasteiger partial charge in [0.05, 0.1) is 11.9 Å². The molecule has 19 heavy (non-hydrogen) atoms. The van der Waals surface area contributed by atoms with Crippen molar-refractivity contribution in [3.63, 3.8) is 0 Å². The minimum atomic E-state index is -0.825. The van der Waals surface area contributed by atoms with E-state index >= 15 is 0 Å². The third-order valence-corrected chi connectivity index (χ3v) is 3.14. The number of unbranched alkanes of at least 4 members (excludes halogenated alkanes) is 1. The first-order chi connectivity index (χ1) is 9.06. The standard InChI is InChI=1S/C11H17BrN4O3/c1-2-3-5-16-10(17)9(12)8(7-15-16)14-4-6-19-11(13)18/h7,14H,2-6H2,1H3,(H2,13,18). The van der Waals surface area contributed by atoms with E-state index in [0.29, 0.717) is 23.2 Å². The minimum absolute atomic E-state index is 0.126. The van der Waals surface area contributed by atoms with E-state index in [1.54, 1.807) is 6.20 Å². The fraction of sp³-hybridized carbons (Fsp3) is 0.545. The van der Waals surface area contributed by atoms with E-state index in [2.05, 4.69) is 38.0 Å². The molecule has 0 aromatic carbocycles. The summed E-state index contributed by atoms with van der Waals surface area (Å²) in [6.45, 7) is 3.12. The normalized spacial score (nSPS) is 10.2. The lowest BCUT2D eigenvalue weighted by Gasteiger charge is -2.10. The first kappa shape index (κ1) is 15.5. The number of nitrogens with one attached hydrogen (secondary N) is 1. The van der Waals surface area contributed by atoms with Crippen LogP contribution in [0, 0.1) is 0 Å². The molecule has 1 aromatic rings. The van der Waals surface area contributed by atoms with Crippen LogP contribution in [-0.4, -0.2) is 29.0 Å². The zero-order chi connectivity index (χ0) is 14.3. The highest BCUT2D eigenvalue weighted by atomic mass is 79.9. The number of aromatic nitrogens is 2. The van der Waals surface area contributed by atoms with Crippen LogP contribution in [0.1, 0.15) is 19.8 Å². The number of carbonyl (C=O) groups is 1. The third kappa shape index (κ3) is 4.90. The van der Waals surface area contributed by atoms with Gasteiger partial charge in [-0.15, -0.1) is 0 Å². The molecule has 0 aliphatic heterocycles. The molecule has 1 amide bonds. The fourth-order valence-electron chi connectivity index (χ4n) is 1.39. The number of ether oxygens (including phenoxy) is 1. The summed E-state index contributed by atoms with van der Waals surface area (Å²) in [6, 6.07) is 0. The molecule has 0 radical (unpaired) electrons. The predicted molar refractivity (Wildman–Crippen MR) is 75.1 cm³/mol. The smallest absolute Gasteiger partial charge is 0.404 e. The summed E-state index contributed by atoms with van der Waals surface area (Å²) in [6.07, 6.45) is 2.63. The Morgan fingerprint density at radius 3 is 3.00 bits per heavy atom. The van der Waals surface area contributed by atoms with Gasteiger partial charge in [-0.25, -0.2) is 9.48 Å². The average molecular weight is 333 g/mol. The molecule has 106 valence electrons. The molecule has 1 heterocycles. The lowest BCUT2D eigenvalue weighted by molar-refractivity contribution is 0.161. The van der Waals surface area contributed by atoms with E-state index in [1.807, 2.05) is 0 Å².